The van der Waals surface area contributed by atoms with Gasteiger partial charge in [-0.15, -0.1) is 0 Å². The van der Waals surface area contributed by atoms with Gasteiger partial charge in [0.15, 0.2) is 5.96 Å². The van der Waals surface area contributed by atoms with E-state index in [4.69, 9.17) is 10.5 Å². The van der Waals surface area contributed by atoms with Crippen molar-refractivity contribution in [3.8, 4) is 11.5 Å². The molecule has 0 radical (unpaired) electrons. The summed E-state index contributed by atoms with van der Waals surface area (Å²) in [4.78, 5) is 19.1. The number of likely N-dealkylation sites (N-methyl/N-ethyl adjacent to an activating group) is 1. The van der Waals surface area contributed by atoms with Crippen molar-refractivity contribution in [1.29, 1.82) is 0 Å². The molecular formula is C16H11BrIN3O2. The largest absolute Gasteiger partial charge is 0.457 e. The summed E-state index contributed by atoms with van der Waals surface area (Å²) in [7, 11) is 1.64. The third-order valence-corrected chi connectivity index (χ3v) is 5.29. The number of nitrogens with zero attached hydrogens (tertiary/aromatic N) is 2. The lowest BCUT2D eigenvalue weighted by atomic mass is 9.80. The molecule has 1 amide bonds. The highest BCUT2D eigenvalue weighted by atomic mass is 127. The van der Waals surface area contributed by atoms with Crippen molar-refractivity contribution in [3.05, 3.63) is 55.6 Å². The van der Waals surface area contributed by atoms with Crippen LogP contribution in [0, 0.1) is 3.57 Å². The Labute approximate surface area is 154 Å². The van der Waals surface area contributed by atoms with Crippen LogP contribution in [0.2, 0.25) is 0 Å². The molecule has 0 saturated heterocycles. The van der Waals surface area contributed by atoms with E-state index in [-0.39, 0.29) is 11.9 Å². The summed E-state index contributed by atoms with van der Waals surface area (Å²) in [5.74, 6) is 1.26. The number of amides is 1. The number of hydrogen-bond acceptors (Lipinski definition) is 4. The molecule has 4 rings (SSSR count). The van der Waals surface area contributed by atoms with Crippen molar-refractivity contribution < 1.29 is 9.53 Å². The molecule has 1 atom stereocenters. The summed E-state index contributed by atoms with van der Waals surface area (Å²) in [6.45, 7) is 0. The van der Waals surface area contributed by atoms with Crippen LogP contribution in [0.4, 0.5) is 0 Å². The fraction of sp³-hybridized carbons (Fsp3) is 0.125. The number of carbonyl (C=O) groups excluding carboxylic acids is 1. The van der Waals surface area contributed by atoms with Gasteiger partial charge in [-0.05, 0) is 59.0 Å². The number of halogens is 2. The predicted molar refractivity (Wildman–Crippen MR) is 98.5 cm³/mol. The van der Waals surface area contributed by atoms with Gasteiger partial charge in [-0.25, -0.2) is 4.99 Å². The second kappa shape index (κ2) is 4.94. The van der Waals surface area contributed by atoms with Crippen LogP contribution in [0.3, 0.4) is 0 Å². The zero-order valence-corrected chi connectivity index (χ0v) is 15.8. The Morgan fingerprint density at radius 2 is 1.87 bits per heavy atom. The molecule has 2 heterocycles. The van der Waals surface area contributed by atoms with Crippen LogP contribution < -0.4 is 10.5 Å². The SMILES string of the molecule is CN1C(=O)C2(N=C1N)c1cc(Br)ccc1Oc1ccc(I)cc12. The van der Waals surface area contributed by atoms with Crippen LogP contribution in [-0.4, -0.2) is 23.8 Å². The van der Waals surface area contributed by atoms with E-state index in [1.165, 1.54) is 4.90 Å². The zero-order valence-electron chi connectivity index (χ0n) is 12.0. The highest BCUT2D eigenvalue weighted by Gasteiger charge is 2.54. The standard InChI is InChI=1S/C16H11BrIN3O2/c1-21-14(22)16(20-15(21)19)10-6-8(17)2-4-12(10)23-13-5-3-9(18)7-11(13)16/h2-7H,1H3,(H2,19,20). The van der Waals surface area contributed by atoms with Crippen molar-refractivity contribution in [2.24, 2.45) is 10.7 Å². The van der Waals surface area contributed by atoms with Crippen LogP contribution in [0.25, 0.3) is 0 Å². The molecule has 0 fully saturated rings. The lowest BCUT2D eigenvalue weighted by Crippen LogP contribution is -2.42. The smallest absolute Gasteiger partial charge is 0.266 e. The van der Waals surface area contributed by atoms with E-state index in [2.05, 4.69) is 43.5 Å². The van der Waals surface area contributed by atoms with Gasteiger partial charge in [-0.3, -0.25) is 9.69 Å². The van der Waals surface area contributed by atoms with E-state index in [9.17, 15) is 4.79 Å². The van der Waals surface area contributed by atoms with Gasteiger partial charge in [0.2, 0.25) is 5.54 Å². The lowest BCUT2D eigenvalue weighted by molar-refractivity contribution is -0.129. The highest BCUT2D eigenvalue weighted by molar-refractivity contribution is 14.1. The molecule has 2 aromatic carbocycles. The summed E-state index contributed by atoms with van der Waals surface area (Å²) in [6.07, 6.45) is 0. The van der Waals surface area contributed by atoms with Gasteiger partial charge in [0.25, 0.3) is 5.91 Å². The minimum Gasteiger partial charge on any atom is -0.457 e. The van der Waals surface area contributed by atoms with Crippen molar-refractivity contribution in [3.63, 3.8) is 0 Å². The van der Waals surface area contributed by atoms with Crippen molar-refractivity contribution in [2.75, 3.05) is 7.05 Å². The number of rotatable bonds is 0. The third kappa shape index (κ3) is 1.96. The van der Waals surface area contributed by atoms with Crippen molar-refractivity contribution in [2.45, 2.75) is 5.54 Å². The molecule has 0 saturated carbocycles. The number of benzene rings is 2. The van der Waals surface area contributed by atoms with E-state index in [1.54, 1.807) is 7.05 Å². The fourth-order valence-corrected chi connectivity index (χ4v) is 3.86. The lowest BCUT2D eigenvalue weighted by Gasteiger charge is -2.33. The van der Waals surface area contributed by atoms with E-state index < -0.39 is 5.54 Å². The maximum absolute atomic E-state index is 13.1. The molecule has 1 unspecified atom stereocenters. The second-order valence-electron chi connectivity index (χ2n) is 5.43. The molecule has 2 aliphatic heterocycles. The summed E-state index contributed by atoms with van der Waals surface area (Å²) < 4.78 is 7.84. The van der Waals surface area contributed by atoms with Crippen LogP contribution in [-0.2, 0) is 10.3 Å². The van der Waals surface area contributed by atoms with Crippen LogP contribution in [0.5, 0.6) is 11.5 Å². The average molecular weight is 484 g/mol. The molecule has 5 nitrogen and oxygen atoms in total. The summed E-state index contributed by atoms with van der Waals surface area (Å²) in [6, 6.07) is 11.3. The first-order valence-corrected chi connectivity index (χ1v) is 8.72. The first-order valence-electron chi connectivity index (χ1n) is 6.85. The zero-order chi connectivity index (χ0) is 16.4. The minimum atomic E-state index is -1.19. The molecule has 0 bridgehead atoms. The first-order chi connectivity index (χ1) is 10.9. The molecule has 1 spiro atoms. The van der Waals surface area contributed by atoms with Crippen molar-refractivity contribution in [1.82, 2.24) is 4.90 Å². The normalized spacial score (nSPS) is 21.8. The van der Waals surface area contributed by atoms with Gasteiger partial charge < -0.3 is 10.5 Å². The second-order valence-corrected chi connectivity index (χ2v) is 7.59. The average Bonchev–Trinajstić information content (AvgIpc) is 2.75. The van der Waals surface area contributed by atoms with E-state index in [0.717, 1.165) is 8.04 Å². The number of aliphatic imine (C=N–C) groups is 1. The van der Waals surface area contributed by atoms with Gasteiger partial charge in [0.1, 0.15) is 11.5 Å². The number of nitrogens with two attached hydrogens (primary N) is 1. The van der Waals surface area contributed by atoms with Gasteiger partial charge >= 0.3 is 0 Å². The summed E-state index contributed by atoms with van der Waals surface area (Å²) in [5, 5.41) is 0. The molecule has 116 valence electrons. The molecule has 2 aliphatic rings. The molecule has 0 aromatic heterocycles. The Morgan fingerprint density at radius 3 is 2.52 bits per heavy atom. The summed E-state index contributed by atoms with van der Waals surface area (Å²) in [5.41, 5.74) is 6.19. The van der Waals surface area contributed by atoms with Crippen LogP contribution in [0.15, 0.2) is 45.9 Å². The molecule has 2 N–H and O–H groups in total. The fourth-order valence-electron chi connectivity index (χ4n) is 3.00. The quantitative estimate of drug-likeness (QED) is 0.585. The van der Waals surface area contributed by atoms with Crippen molar-refractivity contribution >= 4 is 50.4 Å². The maximum Gasteiger partial charge on any atom is 0.266 e. The molecule has 7 heteroatoms. The summed E-state index contributed by atoms with van der Waals surface area (Å²) >= 11 is 5.67. The maximum atomic E-state index is 13.1. The first kappa shape index (κ1) is 14.9. The molecule has 2 aromatic rings. The van der Waals surface area contributed by atoms with Gasteiger partial charge in [0.05, 0.1) is 0 Å². The molecule has 23 heavy (non-hydrogen) atoms. The minimum absolute atomic E-state index is 0.180. The topological polar surface area (TPSA) is 67.9 Å². The van der Waals surface area contributed by atoms with Crippen LogP contribution >= 0.6 is 38.5 Å². The predicted octanol–water partition coefficient (Wildman–Crippen LogP) is 3.19. The van der Waals surface area contributed by atoms with E-state index >= 15 is 0 Å². The number of fused-ring (bicyclic) bond motifs is 4. The van der Waals surface area contributed by atoms with Crippen LogP contribution in [0.1, 0.15) is 11.1 Å². The van der Waals surface area contributed by atoms with Gasteiger partial charge in [-0.1, -0.05) is 15.9 Å². The third-order valence-electron chi connectivity index (χ3n) is 4.12. The Hall–Kier alpha value is -1.61. The number of guanidine groups is 1. The highest BCUT2D eigenvalue weighted by Crippen LogP contribution is 2.52. The Morgan fingerprint density at radius 1 is 1.22 bits per heavy atom. The monoisotopic (exact) mass is 483 g/mol. The molecule has 0 aliphatic carbocycles. The number of hydrogen-bond donors (Lipinski definition) is 1. The molecular weight excluding hydrogens is 473 g/mol. The van der Waals surface area contributed by atoms with Gasteiger partial charge in [-0.2, -0.15) is 0 Å². The Kier molecular flexibility index (Phi) is 3.21. The number of ether oxygens (including phenoxy) is 1. The Balaban J connectivity index is 2.11. The number of carbonyl (C=O) groups is 1. The van der Waals surface area contributed by atoms with E-state index in [1.807, 2.05) is 36.4 Å². The van der Waals surface area contributed by atoms with E-state index in [0.29, 0.717) is 22.6 Å². The van der Waals surface area contributed by atoms with Gasteiger partial charge in [0, 0.05) is 26.2 Å². The Bertz CT molecular complexity index is 845.